The third kappa shape index (κ3) is 3.97. The summed E-state index contributed by atoms with van der Waals surface area (Å²) in [6.45, 7) is 0. The predicted octanol–water partition coefficient (Wildman–Crippen LogP) is 10.5. The number of alkyl halides is 6. The summed E-state index contributed by atoms with van der Waals surface area (Å²) in [7, 11) is 0. The molecule has 0 atom stereocenters. The fourth-order valence-corrected chi connectivity index (χ4v) is 5.27. The SMILES string of the molecule is FC(F)(F)c1cc(-c2c3ccccc3c(-c3cccc4ccccc34)c3ccccc23)cc(C(F)(F)F)c1. The first-order valence-corrected chi connectivity index (χ1v) is 11.8. The van der Waals surface area contributed by atoms with Crippen molar-refractivity contribution in [1.29, 1.82) is 0 Å². The van der Waals surface area contributed by atoms with Crippen LogP contribution in [-0.4, -0.2) is 0 Å². The van der Waals surface area contributed by atoms with E-state index < -0.39 is 23.5 Å². The van der Waals surface area contributed by atoms with E-state index >= 15 is 0 Å². The Hall–Kier alpha value is -4.32. The van der Waals surface area contributed by atoms with E-state index in [1.807, 2.05) is 66.7 Å². The summed E-state index contributed by atoms with van der Waals surface area (Å²) in [6, 6.07) is 29.9. The van der Waals surface area contributed by atoms with E-state index in [0.29, 0.717) is 16.3 Å². The van der Waals surface area contributed by atoms with Crippen molar-refractivity contribution in [3.63, 3.8) is 0 Å². The second kappa shape index (κ2) is 8.62. The molecule has 0 unspecified atom stereocenters. The summed E-state index contributed by atoms with van der Waals surface area (Å²) in [5, 5.41) is 4.64. The molecule has 0 spiro atoms. The lowest BCUT2D eigenvalue weighted by Gasteiger charge is -2.20. The highest BCUT2D eigenvalue weighted by Gasteiger charge is 2.37. The Morgan fingerprint density at radius 3 is 1.32 bits per heavy atom. The molecule has 0 saturated carbocycles. The van der Waals surface area contributed by atoms with Crippen LogP contribution in [0.25, 0.3) is 54.6 Å². The standard InChI is InChI=1S/C32H18F6/c33-31(34,35)21-16-20(17-22(18-21)32(36,37)38)29-25-11-3-5-13-27(25)30(28-14-6-4-12-26(28)29)24-15-7-9-19-8-1-2-10-23(19)24/h1-18H. The van der Waals surface area contributed by atoms with Crippen LogP contribution in [-0.2, 0) is 12.4 Å². The number of rotatable bonds is 2. The maximum Gasteiger partial charge on any atom is 0.416 e. The van der Waals surface area contributed by atoms with Crippen molar-refractivity contribution in [2.45, 2.75) is 12.4 Å². The molecular formula is C32H18F6. The van der Waals surface area contributed by atoms with Gasteiger partial charge < -0.3 is 0 Å². The lowest BCUT2D eigenvalue weighted by atomic mass is 9.84. The second-order valence-corrected chi connectivity index (χ2v) is 9.16. The molecule has 0 amide bonds. The molecule has 6 heteroatoms. The van der Waals surface area contributed by atoms with Gasteiger partial charge in [0.15, 0.2) is 0 Å². The van der Waals surface area contributed by atoms with Crippen LogP contribution in [0.5, 0.6) is 0 Å². The van der Waals surface area contributed by atoms with Crippen molar-refractivity contribution < 1.29 is 26.3 Å². The molecule has 0 saturated heterocycles. The van der Waals surface area contributed by atoms with Gasteiger partial charge in [0.25, 0.3) is 0 Å². The number of hydrogen-bond acceptors (Lipinski definition) is 0. The van der Waals surface area contributed by atoms with E-state index in [1.54, 1.807) is 24.3 Å². The maximum absolute atomic E-state index is 13.7. The number of hydrogen-bond donors (Lipinski definition) is 0. The molecule has 0 heterocycles. The molecular weight excluding hydrogens is 498 g/mol. The fourth-order valence-electron chi connectivity index (χ4n) is 5.27. The third-order valence-electron chi connectivity index (χ3n) is 6.87. The van der Waals surface area contributed by atoms with Gasteiger partial charge in [-0.2, -0.15) is 26.3 Å². The smallest absolute Gasteiger partial charge is 0.166 e. The Bertz CT molecular complexity index is 1750. The van der Waals surface area contributed by atoms with Crippen LogP contribution in [0.4, 0.5) is 26.3 Å². The van der Waals surface area contributed by atoms with Crippen molar-refractivity contribution in [3.05, 3.63) is 120 Å². The Kier molecular flexibility index (Phi) is 5.45. The summed E-state index contributed by atoms with van der Waals surface area (Å²) in [6.07, 6.45) is -9.88. The van der Waals surface area contributed by atoms with E-state index in [-0.39, 0.29) is 11.6 Å². The zero-order valence-corrected chi connectivity index (χ0v) is 19.7. The minimum atomic E-state index is -4.94. The molecule has 6 aromatic carbocycles. The van der Waals surface area contributed by atoms with Gasteiger partial charge in [-0.05, 0) is 72.8 Å². The lowest BCUT2D eigenvalue weighted by molar-refractivity contribution is -0.143. The van der Waals surface area contributed by atoms with Crippen LogP contribution in [0.15, 0.2) is 109 Å². The highest BCUT2D eigenvalue weighted by molar-refractivity contribution is 6.23. The first-order chi connectivity index (χ1) is 18.1. The van der Waals surface area contributed by atoms with Gasteiger partial charge in [0, 0.05) is 0 Å². The van der Waals surface area contributed by atoms with E-state index in [1.165, 1.54) is 0 Å². The van der Waals surface area contributed by atoms with Gasteiger partial charge in [-0.3, -0.25) is 0 Å². The van der Waals surface area contributed by atoms with Gasteiger partial charge >= 0.3 is 12.4 Å². The average Bonchev–Trinajstić information content (AvgIpc) is 2.90. The van der Waals surface area contributed by atoms with E-state index in [2.05, 4.69) is 0 Å². The molecule has 0 nitrogen and oxygen atoms in total. The van der Waals surface area contributed by atoms with Crippen molar-refractivity contribution in [2.24, 2.45) is 0 Å². The second-order valence-electron chi connectivity index (χ2n) is 9.16. The molecule has 0 aliphatic rings. The van der Waals surface area contributed by atoms with Crippen LogP contribution in [0, 0.1) is 0 Å². The summed E-state index contributed by atoms with van der Waals surface area (Å²) in [5.41, 5.74) is -0.676. The molecule has 38 heavy (non-hydrogen) atoms. The summed E-state index contributed by atoms with van der Waals surface area (Å²) < 4.78 is 82.5. The van der Waals surface area contributed by atoms with Gasteiger partial charge in [0.05, 0.1) is 11.1 Å². The van der Waals surface area contributed by atoms with Crippen LogP contribution in [0.3, 0.4) is 0 Å². The van der Waals surface area contributed by atoms with Crippen molar-refractivity contribution >= 4 is 32.3 Å². The predicted molar refractivity (Wildman–Crippen MR) is 140 cm³/mol. The molecule has 0 aliphatic heterocycles. The Morgan fingerprint density at radius 1 is 0.395 bits per heavy atom. The van der Waals surface area contributed by atoms with Gasteiger partial charge in [-0.15, -0.1) is 0 Å². The first-order valence-electron chi connectivity index (χ1n) is 11.8. The lowest BCUT2D eigenvalue weighted by Crippen LogP contribution is -2.11. The maximum atomic E-state index is 13.7. The quantitative estimate of drug-likeness (QED) is 0.159. The minimum Gasteiger partial charge on any atom is -0.166 e. The van der Waals surface area contributed by atoms with Crippen molar-refractivity contribution in [2.75, 3.05) is 0 Å². The Morgan fingerprint density at radius 2 is 0.816 bits per heavy atom. The molecule has 0 aromatic heterocycles. The number of benzene rings is 6. The van der Waals surface area contributed by atoms with E-state index in [4.69, 9.17) is 0 Å². The summed E-state index contributed by atoms with van der Waals surface area (Å²) >= 11 is 0. The average molecular weight is 516 g/mol. The molecule has 188 valence electrons. The fraction of sp³-hybridized carbons (Fsp3) is 0.0625. The molecule has 0 N–H and O–H groups in total. The van der Waals surface area contributed by atoms with E-state index in [0.717, 1.165) is 44.8 Å². The molecule has 0 radical (unpaired) electrons. The van der Waals surface area contributed by atoms with Crippen LogP contribution in [0.2, 0.25) is 0 Å². The first kappa shape index (κ1) is 24.0. The van der Waals surface area contributed by atoms with Gasteiger partial charge in [0.1, 0.15) is 0 Å². The largest absolute Gasteiger partial charge is 0.416 e. The molecule has 0 aliphatic carbocycles. The van der Waals surface area contributed by atoms with E-state index in [9.17, 15) is 26.3 Å². The molecule has 0 fully saturated rings. The zero-order valence-electron chi connectivity index (χ0n) is 19.7. The summed E-state index contributed by atoms with van der Waals surface area (Å²) in [5.74, 6) is 0. The topological polar surface area (TPSA) is 0 Å². The minimum absolute atomic E-state index is 0.135. The van der Waals surface area contributed by atoms with Crippen LogP contribution >= 0.6 is 0 Å². The van der Waals surface area contributed by atoms with Gasteiger partial charge in [0.2, 0.25) is 0 Å². The number of fused-ring (bicyclic) bond motifs is 3. The van der Waals surface area contributed by atoms with Crippen molar-refractivity contribution in [1.82, 2.24) is 0 Å². The Labute approximate surface area is 213 Å². The molecule has 6 rings (SSSR count). The van der Waals surface area contributed by atoms with Crippen LogP contribution < -0.4 is 0 Å². The molecule has 6 aromatic rings. The monoisotopic (exact) mass is 516 g/mol. The zero-order chi connectivity index (χ0) is 26.7. The highest BCUT2D eigenvalue weighted by Crippen LogP contribution is 2.47. The normalized spacial score (nSPS) is 12.5. The third-order valence-corrected chi connectivity index (χ3v) is 6.87. The van der Waals surface area contributed by atoms with Crippen molar-refractivity contribution in [3.8, 4) is 22.3 Å². The molecule has 0 bridgehead atoms. The number of halogens is 6. The summed E-state index contributed by atoms with van der Waals surface area (Å²) in [4.78, 5) is 0. The van der Waals surface area contributed by atoms with Gasteiger partial charge in [-0.1, -0.05) is 91.0 Å². The van der Waals surface area contributed by atoms with Crippen LogP contribution in [0.1, 0.15) is 11.1 Å². The van der Waals surface area contributed by atoms with Gasteiger partial charge in [-0.25, -0.2) is 0 Å². The highest BCUT2D eigenvalue weighted by atomic mass is 19.4. The Balaban J connectivity index is 1.78.